The van der Waals surface area contributed by atoms with Gasteiger partial charge in [-0.15, -0.1) is 0 Å². The van der Waals surface area contributed by atoms with Crippen molar-refractivity contribution in [3.8, 4) is 5.75 Å². The molecular weight excluding hydrogens is 364 g/mol. The fourth-order valence-electron chi connectivity index (χ4n) is 3.26. The Morgan fingerprint density at radius 2 is 1.96 bits per heavy atom. The highest BCUT2D eigenvalue weighted by Crippen LogP contribution is 2.29. The van der Waals surface area contributed by atoms with Crippen LogP contribution in [-0.2, 0) is 11.8 Å². The highest BCUT2D eigenvalue weighted by Gasteiger charge is 2.22. The molecule has 1 aliphatic heterocycles. The summed E-state index contributed by atoms with van der Waals surface area (Å²) in [6, 6.07) is 8.04. The molecule has 27 heavy (non-hydrogen) atoms. The molecule has 0 bridgehead atoms. The summed E-state index contributed by atoms with van der Waals surface area (Å²) >= 11 is 6.22. The van der Waals surface area contributed by atoms with Gasteiger partial charge in [0, 0.05) is 44.9 Å². The average Bonchev–Trinajstić information content (AvgIpc) is 2.92. The van der Waals surface area contributed by atoms with Gasteiger partial charge in [0.25, 0.3) is 0 Å². The summed E-state index contributed by atoms with van der Waals surface area (Å²) in [5, 5.41) is 4.79. The van der Waals surface area contributed by atoms with Crippen molar-refractivity contribution in [2.24, 2.45) is 7.05 Å². The molecule has 3 rings (SSSR count). The standard InChI is InChI=1S/C20H25ClN4O2/c1-4-27-18-8-6-5-7-17(18)24-11-13-25(14-12-24)19(26)10-9-16-15(2)22-23(3)20(16)21/h5-10H,4,11-14H2,1-3H3/b10-9+. The summed E-state index contributed by atoms with van der Waals surface area (Å²) in [6.45, 7) is 7.39. The van der Waals surface area contributed by atoms with E-state index >= 15 is 0 Å². The molecule has 1 aromatic heterocycles. The number of anilines is 1. The van der Waals surface area contributed by atoms with Crippen LogP contribution in [0.3, 0.4) is 0 Å². The van der Waals surface area contributed by atoms with Gasteiger partial charge in [-0.3, -0.25) is 9.48 Å². The number of halogens is 1. The lowest BCUT2D eigenvalue weighted by atomic mass is 10.2. The zero-order valence-corrected chi connectivity index (χ0v) is 16.7. The molecule has 2 heterocycles. The fourth-order valence-corrected chi connectivity index (χ4v) is 3.50. The predicted octanol–water partition coefficient (Wildman–Crippen LogP) is 3.14. The van der Waals surface area contributed by atoms with Gasteiger partial charge in [0.2, 0.25) is 5.91 Å². The molecule has 1 fully saturated rings. The van der Waals surface area contributed by atoms with Gasteiger partial charge in [0.05, 0.1) is 18.0 Å². The Morgan fingerprint density at radius 3 is 2.59 bits per heavy atom. The van der Waals surface area contributed by atoms with Gasteiger partial charge in [-0.2, -0.15) is 5.10 Å². The fraction of sp³-hybridized carbons (Fsp3) is 0.400. The molecule has 0 atom stereocenters. The minimum Gasteiger partial charge on any atom is -0.492 e. The van der Waals surface area contributed by atoms with Gasteiger partial charge >= 0.3 is 0 Å². The number of hydrogen-bond donors (Lipinski definition) is 0. The van der Waals surface area contributed by atoms with E-state index < -0.39 is 0 Å². The maximum atomic E-state index is 12.5. The number of rotatable bonds is 5. The largest absolute Gasteiger partial charge is 0.492 e. The zero-order chi connectivity index (χ0) is 19.4. The van der Waals surface area contributed by atoms with E-state index in [1.54, 1.807) is 23.9 Å². The first-order chi connectivity index (χ1) is 13.0. The number of hydrogen-bond acceptors (Lipinski definition) is 4. The summed E-state index contributed by atoms with van der Waals surface area (Å²) < 4.78 is 7.33. The summed E-state index contributed by atoms with van der Waals surface area (Å²) in [5.41, 5.74) is 2.68. The van der Waals surface area contributed by atoms with Crippen molar-refractivity contribution in [1.29, 1.82) is 0 Å². The molecule has 7 heteroatoms. The third-order valence-electron chi connectivity index (χ3n) is 4.69. The number of nitrogens with zero attached hydrogens (tertiary/aromatic N) is 4. The molecule has 1 amide bonds. The monoisotopic (exact) mass is 388 g/mol. The maximum Gasteiger partial charge on any atom is 0.246 e. The highest BCUT2D eigenvalue weighted by atomic mass is 35.5. The second-order valence-electron chi connectivity index (χ2n) is 6.46. The minimum atomic E-state index is -0.00735. The van der Waals surface area contributed by atoms with E-state index in [2.05, 4.69) is 16.1 Å². The van der Waals surface area contributed by atoms with Crippen molar-refractivity contribution in [3.63, 3.8) is 0 Å². The number of para-hydroxylation sites is 2. The first kappa shape index (κ1) is 19.3. The Hall–Kier alpha value is -2.47. The number of aryl methyl sites for hydroxylation is 2. The number of carbonyl (C=O) groups excluding carboxylic acids is 1. The number of benzene rings is 1. The zero-order valence-electron chi connectivity index (χ0n) is 16.0. The lowest BCUT2D eigenvalue weighted by Gasteiger charge is -2.36. The predicted molar refractivity (Wildman–Crippen MR) is 108 cm³/mol. The third kappa shape index (κ3) is 4.27. The molecule has 144 valence electrons. The molecule has 0 unspecified atom stereocenters. The highest BCUT2D eigenvalue weighted by molar-refractivity contribution is 6.31. The Morgan fingerprint density at radius 1 is 1.26 bits per heavy atom. The molecule has 0 saturated carbocycles. The van der Waals surface area contributed by atoms with E-state index in [0.29, 0.717) is 24.8 Å². The van der Waals surface area contributed by atoms with Crippen LogP contribution in [0.5, 0.6) is 5.75 Å². The van der Waals surface area contributed by atoms with Crippen LogP contribution >= 0.6 is 11.6 Å². The SMILES string of the molecule is CCOc1ccccc1N1CCN(C(=O)/C=C/c2c(C)nn(C)c2Cl)CC1. The van der Waals surface area contributed by atoms with Crippen LogP contribution in [0, 0.1) is 6.92 Å². The molecule has 1 saturated heterocycles. The van der Waals surface area contributed by atoms with Gasteiger partial charge in [0.15, 0.2) is 0 Å². The van der Waals surface area contributed by atoms with Crippen LogP contribution in [0.2, 0.25) is 5.15 Å². The van der Waals surface area contributed by atoms with Crippen LogP contribution in [0.15, 0.2) is 30.3 Å². The van der Waals surface area contributed by atoms with Gasteiger partial charge in [-0.1, -0.05) is 23.7 Å². The lowest BCUT2D eigenvalue weighted by molar-refractivity contribution is -0.126. The van der Waals surface area contributed by atoms with Crippen LogP contribution < -0.4 is 9.64 Å². The Kier molecular flexibility index (Phi) is 6.06. The Bertz CT molecular complexity index is 839. The first-order valence-electron chi connectivity index (χ1n) is 9.14. The van der Waals surface area contributed by atoms with Gasteiger partial charge in [-0.05, 0) is 32.1 Å². The number of amides is 1. The van der Waals surface area contributed by atoms with E-state index in [1.807, 2.05) is 36.9 Å². The molecule has 1 aliphatic rings. The molecular formula is C20H25ClN4O2. The topological polar surface area (TPSA) is 50.6 Å². The average molecular weight is 389 g/mol. The summed E-state index contributed by atoms with van der Waals surface area (Å²) in [4.78, 5) is 16.7. The number of piperazine rings is 1. The number of ether oxygens (including phenoxy) is 1. The normalized spacial score (nSPS) is 14.8. The maximum absolute atomic E-state index is 12.5. The van der Waals surface area contributed by atoms with E-state index in [0.717, 1.165) is 35.8 Å². The second-order valence-corrected chi connectivity index (χ2v) is 6.82. The van der Waals surface area contributed by atoms with Crippen molar-refractivity contribution in [2.45, 2.75) is 13.8 Å². The van der Waals surface area contributed by atoms with Crippen LogP contribution in [0.4, 0.5) is 5.69 Å². The number of aromatic nitrogens is 2. The van der Waals surface area contributed by atoms with Gasteiger partial charge < -0.3 is 14.5 Å². The lowest BCUT2D eigenvalue weighted by Crippen LogP contribution is -2.48. The summed E-state index contributed by atoms with van der Waals surface area (Å²) in [7, 11) is 1.79. The van der Waals surface area contributed by atoms with Crippen LogP contribution in [-0.4, -0.2) is 53.4 Å². The quantitative estimate of drug-likeness (QED) is 0.738. The van der Waals surface area contributed by atoms with E-state index in [-0.39, 0.29) is 5.91 Å². The first-order valence-corrected chi connectivity index (χ1v) is 9.52. The van der Waals surface area contributed by atoms with Crippen molar-refractivity contribution in [2.75, 3.05) is 37.7 Å². The number of carbonyl (C=O) groups is 1. The second kappa shape index (κ2) is 8.48. The van der Waals surface area contributed by atoms with E-state index in [9.17, 15) is 4.79 Å². The smallest absolute Gasteiger partial charge is 0.246 e. The van der Waals surface area contributed by atoms with Crippen molar-refractivity contribution >= 4 is 29.3 Å². The van der Waals surface area contributed by atoms with Crippen molar-refractivity contribution in [1.82, 2.24) is 14.7 Å². The molecule has 0 radical (unpaired) electrons. The molecule has 1 aromatic carbocycles. The summed E-state index contributed by atoms with van der Waals surface area (Å²) in [5.74, 6) is 0.883. The molecule has 0 N–H and O–H groups in total. The van der Waals surface area contributed by atoms with Gasteiger partial charge in [-0.25, -0.2) is 0 Å². The van der Waals surface area contributed by atoms with E-state index in [1.165, 1.54) is 0 Å². The third-order valence-corrected chi connectivity index (χ3v) is 5.13. The molecule has 6 nitrogen and oxygen atoms in total. The van der Waals surface area contributed by atoms with E-state index in [4.69, 9.17) is 16.3 Å². The van der Waals surface area contributed by atoms with Crippen molar-refractivity contribution in [3.05, 3.63) is 46.8 Å². The summed E-state index contributed by atoms with van der Waals surface area (Å²) in [6.07, 6.45) is 3.34. The molecule has 0 aliphatic carbocycles. The Labute approximate surface area is 165 Å². The van der Waals surface area contributed by atoms with Gasteiger partial charge in [0.1, 0.15) is 10.9 Å². The van der Waals surface area contributed by atoms with Crippen LogP contribution in [0.25, 0.3) is 6.08 Å². The molecule has 0 spiro atoms. The Balaban J connectivity index is 1.62. The minimum absolute atomic E-state index is 0.00735. The van der Waals surface area contributed by atoms with Crippen LogP contribution in [0.1, 0.15) is 18.2 Å². The van der Waals surface area contributed by atoms with Crippen molar-refractivity contribution < 1.29 is 9.53 Å². The molecule has 2 aromatic rings.